The van der Waals surface area contributed by atoms with Gasteiger partial charge in [0, 0.05) is 19.1 Å². The fourth-order valence-corrected chi connectivity index (χ4v) is 1.98. The Bertz CT molecular complexity index is 112. The fourth-order valence-electron chi connectivity index (χ4n) is 1.98. The van der Waals surface area contributed by atoms with E-state index in [1.165, 1.54) is 26.1 Å². The van der Waals surface area contributed by atoms with Crippen molar-refractivity contribution in [2.24, 2.45) is 5.41 Å². The summed E-state index contributed by atoms with van der Waals surface area (Å²) in [7, 11) is 0. The minimum Gasteiger partial charge on any atom is -0.315 e. The third-order valence-corrected chi connectivity index (χ3v) is 2.81. The molecule has 2 atom stereocenters. The van der Waals surface area contributed by atoms with Gasteiger partial charge in [0.05, 0.1) is 0 Å². The van der Waals surface area contributed by atoms with Crippen molar-refractivity contribution in [1.29, 1.82) is 0 Å². The largest absolute Gasteiger partial charge is 0.315 e. The number of rotatable bonds is 0. The van der Waals surface area contributed by atoms with E-state index in [-0.39, 0.29) is 0 Å². The minimum atomic E-state index is 0.583. The van der Waals surface area contributed by atoms with E-state index in [1.54, 1.807) is 0 Å². The van der Waals surface area contributed by atoms with Crippen LogP contribution < -0.4 is 10.6 Å². The molecule has 2 fully saturated rings. The molecule has 0 aromatic heterocycles. The summed E-state index contributed by atoms with van der Waals surface area (Å²) in [4.78, 5) is 0. The molecule has 2 nitrogen and oxygen atoms in total. The van der Waals surface area contributed by atoms with Gasteiger partial charge in [-0.25, -0.2) is 0 Å². The summed E-state index contributed by atoms with van der Waals surface area (Å²) in [5, 5.41) is 6.90. The van der Waals surface area contributed by atoms with E-state index in [0.29, 0.717) is 5.41 Å². The maximum atomic E-state index is 3.50. The van der Waals surface area contributed by atoms with Crippen LogP contribution in [0.1, 0.15) is 13.3 Å². The van der Waals surface area contributed by atoms with Crippen molar-refractivity contribution in [2.45, 2.75) is 19.4 Å². The second-order valence-electron chi connectivity index (χ2n) is 3.54. The van der Waals surface area contributed by atoms with Crippen LogP contribution in [0.5, 0.6) is 0 Å². The van der Waals surface area contributed by atoms with E-state index in [9.17, 15) is 0 Å². The van der Waals surface area contributed by atoms with Crippen molar-refractivity contribution >= 4 is 0 Å². The molecule has 0 bridgehead atoms. The van der Waals surface area contributed by atoms with Crippen LogP contribution in [0.4, 0.5) is 0 Å². The zero-order valence-corrected chi connectivity index (χ0v) is 5.91. The summed E-state index contributed by atoms with van der Waals surface area (Å²) in [5.74, 6) is 0. The van der Waals surface area contributed by atoms with Crippen LogP contribution in [0.3, 0.4) is 0 Å². The van der Waals surface area contributed by atoms with Crippen molar-refractivity contribution in [3.63, 3.8) is 0 Å². The Morgan fingerprint density at radius 1 is 1.56 bits per heavy atom. The van der Waals surface area contributed by atoms with Gasteiger partial charge in [-0.3, -0.25) is 0 Å². The minimum absolute atomic E-state index is 0.583. The molecule has 0 amide bonds. The first kappa shape index (κ1) is 5.69. The smallest absolute Gasteiger partial charge is 0.0258 e. The van der Waals surface area contributed by atoms with Crippen LogP contribution >= 0.6 is 0 Å². The van der Waals surface area contributed by atoms with Gasteiger partial charge >= 0.3 is 0 Å². The molecule has 2 heteroatoms. The summed E-state index contributed by atoms with van der Waals surface area (Å²) in [6.07, 6.45) is 1.35. The molecular formula is C7H14N2. The van der Waals surface area contributed by atoms with Gasteiger partial charge in [-0.1, -0.05) is 6.92 Å². The molecule has 0 spiro atoms. The highest BCUT2D eigenvalue weighted by molar-refractivity contribution is 5.01. The molecule has 9 heavy (non-hydrogen) atoms. The third-order valence-electron chi connectivity index (χ3n) is 2.81. The monoisotopic (exact) mass is 126 g/mol. The first-order valence-electron chi connectivity index (χ1n) is 3.75. The van der Waals surface area contributed by atoms with Crippen LogP contribution in [0.25, 0.3) is 0 Å². The average Bonchev–Trinajstić information content (AvgIpc) is 2.22. The lowest BCUT2D eigenvalue weighted by molar-refractivity contribution is 0.354. The van der Waals surface area contributed by atoms with E-state index in [1.807, 2.05) is 0 Å². The first-order valence-corrected chi connectivity index (χ1v) is 3.75. The van der Waals surface area contributed by atoms with Crippen LogP contribution in [0.2, 0.25) is 0 Å². The molecule has 0 aromatic carbocycles. The maximum absolute atomic E-state index is 3.50. The Morgan fingerprint density at radius 2 is 2.44 bits per heavy atom. The molecule has 2 rings (SSSR count). The summed E-state index contributed by atoms with van der Waals surface area (Å²) in [6, 6.07) is 0.762. The van der Waals surface area contributed by atoms with Gasteiger partial charge in [-0.15, -0.1) is 0 Å². The Labute approximate surface area is 56.0 Å². The summed E-state index contributed by atoms with van der Waals surface area (Å²) in [6.45, 7) is 5.99. The zero-order valence-electron chi connectivity index (χ0n) is 5.91. The first-order chi connectivity index (χ1) is 4.31. The molecule has 0 radical (unpaired) electrons. The van der Waals surface area contributed by atoms with Gasteiger partial charge < -0.3 is 10.6 Å². The second kappa shape index (κ2) is 1.70. The van der Waals surface area contributed by atoms with Gasteiger partial charge in [0.15, 0.2) is 0 Å². The number of hydrogen-bond acceptors (Lipinski definition) is 2. The standard InChI is InChI=1S/C7H14N2/c1-7-2-3-9-6(7)4-8-5-7/h6,8-9H,2-5H2,1H3. The van der Waals surface area contributed by atoms with Crippen LogP contribution in [-0.4, -0.2) is 25.7 Å². The van der Waals surface area contributed by atoms with Gasteiger partial charge in [0.2, 0.25) is 0 Å². The highest BCUT2D eigenvalue weighted by Gasteiger charge is 2.41. The van der Waals surface area contributed by atoms with Crippen molar-refractivity contribution in [2.75, 3.05) is 19.6 Å². The summed E-state index contributed by atoms with van der Waals surface area (Å²) >= 11 is 0. The topological polar surface area (TPSA) is 24.1 Å². The zero-order chi connectivity index (χ0) is 6.32. The Morgan fingerprint density at radius 3 is 3.22 bits per heavy atom. The Hall–Kier alpha value is -0.0800. The van der Waals surface area contributed by atoms with E-state index >= 15 is 0 Å². The quantitative estimate of drug-likeness (QED) is 0.476. The van der Waals surface area contributed by atoms with Crippen LogP contribution in [0.15, 0.2) is 0 Å². The van der Waals surface area contributed by atoms with E-state index in [2.05, 4.69) is 17.6 Å². The lowest BCUT2D eigenvalue weighted by Crippen LogP contribution is -2.32. The highest BCUT2D eigenvalue weighted by Crippen LogP contribution is 2.32. The van der Waals surface area contributed by atoms with Crippen LogP contribution in [-0.2, 0) is 0 Å². The molecule has 0 aromatic rings. The summed E-state index contributed by atoms with van der Waals surface area (Å²) < 4.78 is 0. The normalized spacial score (nSPS) is 49.7. The predicted molar refractivity (Wildman–Crippen MR) is 37.4 cm³/mol. The third kappa shape index (κ3) is 0.700. The van der Waals surface area contributed by atoms with Crippen molar-refractivity contribution in [3.8, 4) is 0 Å². The second-order valence-corrected chi connectivity index (χ2v) is 3.54. The SMILES string of the molecule is CC12CCNC1CNC2. The lowest BCUT2D eigenvalue weighted by Gasteiger charge is -2.20. The van der Waals surface area contributed by atoms with Crippen molar-refractivity contribution in [1.82, 2.24) is 10.6 Å². The molecule has 2 N–H and O–H groups in total. The molecule has 0 aliphatic carbocycles. The predicted octanol–water partition coefficient (Wildman–Crippen LogP) is -0.0422. The van der Waals surface area contributed by atoms with Gasteiger partial charge in [-0.05, 0) is 18.4 Å². The van der Waals surface area contributed by atoms with Gasteiger partial charge in [-0.2, -0.15) is 0 Å². The van der Waals surface area contributed by atoms with Crippen molar-refractivity contribution in [3.05, 3.63) is 0 Å². The van der Waals surface area contributed by atoms with Crippen LogP contribution in [0, 0.1) is 5.41 Å². The van der Waals surface area contributed by atoms with E-state index in [0.717, 1.165) is 6.04 Å². The molecule has 2 unspecified atom stereocenters. The molecule has 2 aliphatic heterocycles. The Kier molecular flexibility index (Phi) is 1.08. The van der Waals surface area contributed by atoms with Gasteiger partial charge in [0.1, 0.15) is 0 Å². The average molecular weight is 126 g/mol. The number of fused-ring (bicyclic) bond motifs is 1. The molecule has 2 aliphatic rings. The number of nitrogens with one attached hydrogen (secondary N) is 2. The molecule has 2 saturated heterocycles. The number of hydrogen-bond donors (Lipinski definition) is 2. The highest BCUT2D eigenvalue weighted by atomic mass is 15.1. The summed E-state index contributed by atoms with van der Waals surface area (Å²) in [5.41, 5.74) is 0.583. The fraction of sp³-hybridized carbons (Fsp3) is 1.00. The van der Waals surface area contributed by atoms with Crippen molar-refractivity contribution < 1.29 is 0 Å². The molecule has 2 heterocycles. The maximum Gasteiger partial charge on any atom is 0.0258 e. The van der Waals surface area contributed by atoms with Gasteiger partial charge in [0.25, 0.3) is 0 Å². The molecule has 0 saturated carbocycles. The molecule has 52 valence electrons. The van der Waals surface area contributed by atoms with E-state index < -0.39 is 0 Å². The molecular weight excluding hydrogens is 112 g/mol. The Balaban J connectivity index is 2.17. The lowest BCUT2D eigenvalue weighted by atomic mass is 9.86. The van der Waals surface area contributed by atoms with E-state index in [4.69, 9.17) is 0 Å².